The molecular weight excluding hydrogens is 395 g/mol. The van der Waals surface area contributed by atoms with E-state index >= 15 is 0 Å². The predicted octanol–water partition coefficient (Wildman–Crippen LogP) is 7.12. The fourth-order valence-electron chi connectivity index (χ4n) is 2.76. The molecule has 1 N–H and O–H groups in total. The molecule has 0 atom stereocenters. The maximum atomic E-state index is 13.4. The molecule has 152 valence electrons. The Bertz CT molecular complexity index is 913. The van der Waals surface area contributed by atoms with E-state index in [9.17, 15) is 13.2 Å². The Kier molecular flexibility index (Phi) is 7.14. The molecule has 0 radical (unpaired) electrons. The average Bonchev–Trinajstić information content (AvgIpc) is 2.70. The lowest BCUT2D eigenvalue weighted by Gasteiger charge is -2.13. The summed E-state index contributed by atoms with van der Waals surface area (Å²) in [6.07, 6.45) is 0.846. The zero-order valence-corrected chi connectivity index (χ0v) is 16.9. The van der Waals surface area contributed by atoms with E-state index in [1.165, 1.54) is 18.4 Å². The van der Waals surface area contributed by atoms with Crippen LogP contribution in [0.25, 0.3) is 0 Å². The third-order valence-corrected chi connectivity index (χ3v) is 5.31. The molecule has 0 aliphatic carbocycles. The topological polar surface area (TPSA) is 37.8 Å². The van der Waals surface area contributed by atoms with Gasteiger partial charge in [0, 0.05) is 16.8 Å². The molecule has 0 saturated heterocycles. The van der Waals surface area contributed by atoms with Crippen LogP contribution >= 0.6 is 11.8 Å². The lowest BCUT2D eigenvalue weighted by Crippen LogP contribution is -2.10. The Morgan fingerprint density at radius 3 is 2.34 bits per heavy atom. The van der Waals surface area contributed by atoms with E-state index in [0.29, 0.717) is 4.90 Å². The fraction of sp³-hybridized carbons (Fsp3) is 0.273. The van der Waals surface area contributed by atoms with Crippen molar-refractivity contribution in [2.45, 2.75) is 48.7 Å². The number of benzene rings is 2. The minimum atomic E-state index is -4.52. The largest absolute Gasteiger partial charge is 0.420 e. The van der Waals surface area contributed by atoms with E-state index in [0.717, 1.165) is 36.5 Å². The van der Waals surface area contributed by atoms with Gasteiger partial charge in [-0.2, -0.15) is 13.2 Å². The predicted molar refractivity (Wildman–Crippen MR) is 111 cm³/mol. The van der Waals surface area contributed by atoms with Crippen LogP contribution in [0.3, 0.4) is 0 Å². The van der Waals surface area contributed by atoms with Gasteiger partial charge in [0.25, 0.3) is 0 Å². The maximum Gasteiger partial charge on any atom is 0.420 e. The van der Waals surface area contributed by atoms with Gasteiger partial charge in [0.15, 0.2) is 0 Å². The Labute approximate surface area is 172 Å². The molecule has 0 spiro atoms. The number of hydrogen-bond donors (Lipinski definition) is 1. The third kappa shape index (κ3) is 6.22. The van der Waals surface area contributed by atoms with Crippen LogP contribution in [0.1, 0.15) is 37.3 Å². The van der Waals surface area contributed by atoms with Crippen molar-refractivity contribution < 1.29 is 13.2 Å². The van der Waals surface area contributed by atoms with Crippen molar-refractivity contribution in [3.8, 4) is 0 Å². The normalized spacial score (nSPS) is 11.4. The molecule has 0 fully saturated rings. The minimum absolute atomic E-state index is 0.127. The molecule has 0 unspecified atom stereocenters. The van der Waals surface area contributed by atoms with Gasteiger partial charge in [0.05, 0.1) is 0 Å². The molecule has 0 bridgehead atoms. The Morgan fingerprint density at radius 2 is 1.69 bits per heavy atom. The highest BCUT2D eigenvalue weighted by Gasteiger charge is 2.35. The summed E-state index contributed by atoms with van der Waals surface area (Å²) in [6.45, 7) is 2.17. The molecule has 29 heavy (non-hydrogen) atoms. The minimum Gasteiger partial charge on any atom is -0.324 e. The summed E-state index contributed by atoms with van der Waals surface area (Å²) in [7, 11) is 0. The summed E-state index contributed by atoms with van der Waals surface area (Å²) < 4.78 is 40.1. The summed E-state index contributed by atoms with van der Waals surface area (Å²) in [6, 6.07) is 16.7. The second kappa shape index (κ2) is 9.78. The summed E-state index contributed by atoms with van der Waals surface area (Å²) in [5.74, 6) is 0.134. The van der Waals surface area contributed by atoms with Gasteiger partial charge in [0.1, 0.15) is 10.6 Å². The molecule has 7 heteroatoms. The first-order valence-electron chi connectivity index (χ1n) is 9.49. The number of halogens is 3. The van der Waals surface area contributed by atoms with Gasteiger partial charge in [-0.15, -0.1) is 0 Å². The van der Waals surface area contributed by atoms with Crippen molar-refractivity contribution in [2.24, 2.45) is 0 Å². The highest BCUT2D eigenvalue weighted by molar-refractivity contribution is 7.99. The van der Waals surface area contributed by atoms with Gasteiger partial charge >= 0.3 is 6.18 Å². The molecule has 1 aromatic heterocycles. The summed E-state index contributed by atoms with van der Waals surface area (Å²) in [5, 5.41) is 2.87. The van der Waals surface area contributed by atoms with Crippen LogP contribution < -0.4 is 5.32 Å². The van der Waals surface area contributed by atoms with Gasteiger partial charge < -0.3 is 5.32 Å². The number of anilines is 2. The maximum absolute atomic E-state index is 13.4. The van der Waals surface area contributed by atoms with Crippen LogP contribution in [-0.4, -0.2) is 9.97 Å². The third-order valence-electron chi connectivity index (χ3n) is 4.30. The van der Waals surface area contributed by atoms with Crippen LogP contribution in [0.5, 0.6) is 0 Å². The van der Waals surface area contributed by atoms with Crippen molar-refractivity contribution >= 4 is 23.4 Å². The SMILES string of the molecule is CCCCCc1ccc(Nc2ncc(C(F)(F)F)c(Sc3ccccc3)n2)cc1. The van der Waals surface area contributed by atoms with E-state index in [1.807, 2.05) is 30.3 Å². The number of nitrogens with one attached hydrogen (secondary N) is 1. The van der Waals surface area contributed by atoms with Gasteiger partial charge in [-0.3, -0.25) is 0 Å². The summed E-state index contributed by atoms with van der Waals surface area (Å²) >= 11 is 0.968. The number of nitrogens with zero attached hydrogens (tertiary/aromatic N) is 2. The molecule has 3 aromatic rings. The average molecular weight is 418 g/mol. The van der Waals surface area contributed by atoms with Crippen LogP contribution in [-0.2, 0) is 12.6 Å². The molecule has 0 amide bonds. The number of hydrogen-bond acceptors (Lipinski definition) is 4. The highest BCUT2D eigenvalue weighted by Crippen LogP contribution is 2.38. The van der Waals surface area contributed by atoms with Gasteiger partial charge in [0.2, 0.25) is 5.95 Å². The van der Waals surface area contributed by atoms with Crippen LogP contribution in [0, 0.1) is 0 Å². The highest BCUT2D eigenvalue weighted by atomic mass is 32.2. The number of rotatable bonds is 8. The first-order valence-corrected chi connectivity index (χ1v) is 10.3. The van der Waals surface area contributed by atoms with Crippen molar-refractivity contribution in [1.29, 1.82) is 0 Å². The van der Waals surface area contributed by atoms with Crippen molar-refractivity contribution in [1.82, 2.24) is 9.97 Å². The van der Waals surface area contributed by atoms with Crippen LogP contribution in [0.15, 0.2) is 70.7 Å². The van der Waals surface area contributed by atoms with Crippen LogP contribution in [0.2, 0.25) is 0 Å². The molecule has 0 aliphatic rings. The van der Waals surface area contributed by atoms with Crippen LogP contribution in [0.4, 0.5) is 24.8 Å². The molecule has 3 rings (SSSR count). The molecular formula is C22H22F3N3S. The molecule has 0 aliphatic heterocycles. The fourth-order valence-corrected chi connectivity index (χ4v) is 3.69. The number of alkyl halides is 3. The first kappa shape index (κ1) is 21.2. The number of aromatic nitrogens is 2. The zero-order valence-electron chi connectivity index (χ0n) is 16.0. The van der Waals surface area contributed by atoms with E-state index in [4.69, 9.17) is 0 Å². The lowest BCUT2D eigenvalue weighted by molar-refractivity contribution is -0.140. The monoisotopic (exact) mass is 417 g/mol. The van der Waals surface area contributed by atoms with Gasteiger partial charge in [-0.1, -0.05) is 61.9 Å². The second-order valence-corrected chi connectivity index (χ2v) is 7.67. The van der Waals surface area contributed by atoms with Crippen molar-refractivity contribution in [3.05, 3.63) is 71.9 Å². The van der Waals surface area contributed by atoms with E-state index in [-0.39, 0.29) is 11.0 Å². The zero-order chi connectivity index (χ0) is 20.7. The lowest BCUT2D eigenvalue weighted by atomic mass is 10.1. The smallest absolute Gasteiger partial charge is 0.324 e. The first-order chi connectivity index (χ1) is 14.0. The molecule has 3 nitrogen and oxygen atoms in total. The molecule has 1 heterocycles. The van der Waals surface area contributed by atoms with Crippen molar-refractivity contribution in [3.63, 3.8) is 0 Å². The Hall–Kier alpha value is -2.54. The molecule has 0 saturated carbocycles. The molecule has 2 aromatic carbocycles. The van der Waals surface area contributed by atoms with Gasteiger partial charge in [-0.05, 0) is 42.7 Å². The number of unbranched alkanes of at least 4 members (excludes halogenated alkanes) is 2. The standard InChI is InChI=1S/C22H22F3N3S/c1-2-3-5-8-16-11-13-17(14-12-16)27-21-26-15-19(22(23,24)25)20(28-21)29-18-9-6-4-7-10-18/h4,6-7,9-15H,2-3,5,8H2,1H3,(H,26,27,28). The van der Waals surface area contributed by atoms with Gasteiger partial charge in [-0.25, -0.2) is 9.97 Å². The number of aryl methyl sites for hydroxylation is 1. The second-order valence-electron chi connectivity index (χ2n) is 6.60. The quantitative estimate of drug-likeness (QED) is 0.313. The van der Waals surface area contributed by atoms with E-state index < -0.39 is 11.7 Å². The Morgan fingerprint density at radius 1 is 0.966 bits per heavy atom. The van der Waals surface area contributed by atoms with E-state index in [2.05, 4.69) is 22.2 Å². The van der Waals surface area contributed by atoms with Crippen molar-refractivity contribution in [2.75, 3.05) is 5.32 Å². The Balaban J connectivity index is 1.78. The van der Waals surface area contributed by atoms with E-state index in [1.54, 1.807) is 24.3 Å². The summed E-state index contributed by atoms with van der Waals surface area (Å²) in [5.41, 5.74) is 1.13. The summed E-state index contributed by atoms with van der Waals surface area (Å²) in [4.78, 5) is 8.68.